The maximum absolute atomic E-state index is 5.58. The smallest absolute Gasteiger partial charge is 0.204 e. The first-order valence-corrected chi connectivity index (χ1v) is 6.79. The van der Waals surface area contributed by atoms with Gasteiger partial charge in [-0.25, -0.2) is 0 Å². The van der Waals surface area contributed by atoms with Crippen molar-refractivity contribution in [2.24, 2.45) is 0 Å². The van der Waals surface area contributed by atoms with E-state index in [1.807, 2.05) is 12.1 Å². The Morgan fingerprint density at radius 1 is 1.05 bits per heavy atom. The Labute approximate surface area is 124 Å². The van der Waals surface area contributed by atoms with Crippen LogP contribution < -0.4 is 14.2 Å². The minimum absolute atomic E-state index is 0.558. The molecular formula is C14H19NO4S. The minimum atomic E-state index is 0.558. The summed E-state index contributed by atoms with van der Waals surface area (Å²) in [5.41, 5.74) is 0.835. The molecule has 6 heteroatoms. The predicted octanol–water partition coefficient (Wildman–Crippen LogP) is 1.72. The molecular weight excluding hydrogens is 278 g/mol. The second-order valence-corrected chi connectivity index (χ2v) is 4.67. The molecule has 5 nitrogen and oxygen atoms in total. The Hall–Kier alpha value is -1.53. The number of thiocarbonyl (C=S) groups is 1. The number of nitrogens with zero attached hydrogens (tertiary/aromatic N) is 1. The number of hydrogen-bond acceptors (Lipinski definition) is 5. The number of hydrogen-bond donors (Lipinski definition) is 0. The largest absolute Gasteiger partial charge is 0.493 e. The molecule has 1 aliphatic heterocycles. The summed E-state index contributed by atoms with van der Waals surface area (Å²) in [4.78, 5) is 2.86. The summed E-state index contributed by atoms with van der Waals surface area (Å²) >= 11 is 5.58. The summed E-state index contributed by atoms with van der Waals surface area (Å²) in [6.45, 7) is 2.96. The van der Waals surface area contributed by atoms with Gasteiger partial charge in [-0.05, 0) is 12.1 Å². The van der Waals surface area contributed by atoms with E-state index in [2.05, 4.69) is 4.90 Å². The second-order valence-electron chi connectivity index (χ2n) is 4.29. The lowest BCUT2D eigenvalue weighted by molar-refractivity contribution is 0.0692. The van der Waals surface area contributed by atoms with Crippen molar-refractivity contribution in [3.8, 4) is 17.2 Å². The number of benzene rings is 1. The van der Waals surface area contributed by atoms with E-state index in [9.17, 15) is 0 Å². The Kier molecular flexibility index (Phi) is 5.03. The monoisotopic (exact) mass is 297 g/mol. The highest BCUT2D eigenvalue weighted by Gasteiger charge is 2.22. The van der Waals surface area contributed by atoms with Gasteiger partial charge in [0.1, 0.15) is 4.99 Å². The predicted molar refractivity (Wildman–Crippen MR) is 80.2 cm³/mol. The van der Waals surface area contributed by atoms with Crippen molar-refractivity contribution in [1.29, 1.82) is 0 Å². The Morgan fingerprint density at radius 3 is 2.25 bits per heavy atom. The summed E-state index contributed by atoms with van der Waals surface area (Å²) < 4.78 is 21.5. The average molecular weight is 297 g/mol. The molecule has 20 heavy (non-hydrogen) atoms. The molecule has 0 spiro atoms. The van der Waals surface area contributed by atoms with Crippen molar-refractivity contribution in [3.63, 3.8) is 0 Å². The standard InChI is InChI=1S/C14H19NO4S/c1-16-11-5-4-10(12(17-2)13(11)18-3)14(20)15-6-8-19-9-7-15/h4-5H,6-9H2,1-3H3. The maximum Gasteiger partial charge on any atom is 0.204 e. The third kappa shape index (κ3) is 2.81. The molecule has 1 saturated heterocycles. The van der Waals surface area contributed by atoms with E-state index in [4.69, 9.17) is 31.2 Å². The van der Waals surface area contributed by atoms with E-state index in [0.717, 1.165) is 23.6 Å². The van der Waals surface area contributed by atoms with Crippen molar-refractivity contribution < 1.29 is 18.9 Å². The molecule has 0 aromatic heterocycles. The topological polar surface area (TPSA) is 40.2 Å². The van der Waals surface area contributed by atoms with Crippen LogP contribution in [-0.2, 0) is 4.74 Å². The number of ether oxygens (including phenoxy) is 4. The quantitative estimate of drug-likeness (QED) is 0.788. The van der Waals surface area contributed by atoms with Gasteiger partial charge in [-0.2, -0.15) is 0 Å². The van der Waals surface area contributed by atoms with Crippen LogP contribution in [0.5, 0.6) is 17.2 Å². The molecule has 1 aromatic carbocycles. The highest BCUT2D eigenvalue weighted by Crippen LogP contribution is 2.40. The third-order valence-corrected chi connectivity index (χ3v) is 3.71. The van der Waals surface area contributed by atoms with Crippen LogP contribution in [0.15, 0.2) is 12.1 Å². The molecule has 0 atom stereocenters. The number of methoxy groups -OCH3 is 3. The molecule has 0 N–H and O–H groups in total. The summed E-state index contributed by atoms with van der Waals surface area (Å²) in [6, 6.07) is 3.74. The zero-order valence-electron chi connectivity index (χ0n) is 12.0. The van der Waals surface area contributed by atoms with E-state index in [0.29, 0.717) is 30.5 Å². The van der Waals surface area contributed by atoms with Gasteiger partial charge in [0.25, 0.3) is 0 Å². The molecule has 1 fully saturated rings. The molecule has 0 aliphatic carbocycles. The lowest BCUT2D eigenvalue weighted by Gasteiger charge is -2.30. The van der Waals surface area contributed by atoms with Crippen LogP contribution in [0.4, 0.5) is 0 Å². The van der Waals surface area contributed by atoms with E-state index >= 15 is 0 Å². The average Bonchev–Trinajstić information content (AvgIpc) is 2.53. The molecule has 1 aromatic rings. The van der Waals surface area contributed by atoms with Crippen molar-refractivity contribution >= 4 is 17.2 Å². The van der Waals surface area contributed by atoms with Gasteiger partial charge in [-0.15, -0.1) is 0 Å². The van der Waals surface area contributed by atoms with Gasteiger partial charge in [0.15, 0.2) is 11.5 Å². The second kappa shape index (κ2) is 6.76. The Morgan fingerprint density at radius 2 is 1.70 bits per heavy atom. The van der Waals surface area contributed by atoms with Crippen molar-refractivity contribution in [2.45, 2.75) is 0 Å². The summed E-state index contributed by atoms with van der Waals surface area (Å²) in [5, 5.41) is 0. The number of rotatable bonds is 4. The fourth-order valence-corrected chi connectivity index (χ4v) is 2.55. The van der Waals surface area contributed by atoms with Gasteiger partial charge in [-0.3, -0.25) is 0 Å². The molecule has 1 heterocycles. The summed E-state index contributed by atoms with van der Waals surface area (Å²) in [5.74, 6) is 1.78. The molecule has 0 radical (unpaired) electrons. The summed E-state index contributed by atoms with van der Waals surface area (Å²) in [6.07, 6.45) is 0. The Bertz CT molecular complexity index is 486. The van der Waals surface area contributed by atoms with Crippen LogP contribution >= 0.6 is 12.2 Å². The first kappa shape index (κ1) is 14.9. The fourth-order valence-electron chi connectivity index (χ4n) is 2.21. The lowest BCUT2D eigenvalue weighted by atomic mass is 10.1. The molecule has 0 amide bonds. The normalized spacial score (nSPS) is 14.8. The third-order valence-electron chi connectivity index (χ3n) is 3.23. The SMILES string of the molecule is COc1ccc(C(=S)N2CCOCC2)c(OC)c1OC. The molecule has 2 rings (SSSR count). The van der Waals surface area contributed by atoms with Crippen LogP contribution in [0.2, 0.25) is 0 Å². The van der Waals surface area contributed by atoms with Crippen LogP contribution in [0.3, 0.4) is 0 Å². The van der Waals surface area contributed by atoms with Gasteiger partial charge in [-0.1, -0.05) is 12.2 Å². The number of morpholine rings is 1. The van der Waals surface area contributed by atoms with Crippen LogP contribution in [0.1, 0.15) is 5.56 Å². The van der Waals surface area contributed by atoms with E-state index in [-0.39, 0.29) is 0 Å². The molecule has 0 unspecified atom stereocenters. The first-order chi connectivity index (χ1) is 9.72. The molecule has 110 valence electrons. The lowest BCUT2D eigenvalue weighted by Crippen LogP contribution is -2.40. The van der Waals surface area contributed by atoms with E-state index < -0.39 is 0 Å². The zero-order chi connectivity index (χ0) is 14.5. The Balaban J connectivity index is 2.37. The van der Waals surface area contributed by atoms with Gasteiger partial charge in [0.05, 0.1) is 40.1 Å². The van der Waals surface area contributed by atoms with Crippen molar-refractivity contribution in [3.05, 3.63) is 17.7 Å². The van der Waals surface area contributed by atoms with Crippen molar-refractivity contribution in [2.75, 3.05) is 47.6 Å². The van der Waals surface area contributed by atoms with Crippen LogP contribution in [0.25, 0.3) is 0 Å². The fraction of sp³-hybridized carbons (Fsp3) is 0.500. The van der Waals surface area contributed by atoms with E-state index in [1.165, 1.54) is 0 Å². The summed E-state index contributed by atoms with van der Waals surface area (Å²) in [7, 11) is 4.78. The zero-order valence-corrected chi connectivity index (χ0v) is 12.8. The van der Waals surface area contributed by atoms with Crippen LogP contribution in [-0.4, -0.2) is 57.5 Å². The molecule has 0 saturated carbocycles. The molecule has 0 bridgehead atoms. The minimum Gasteiger partial charge on any atom is -0.493 e. The van der Waals surface area contributed by atoms with Gasteiger partial charge in [0.2, 0.25) is 5.75 Å². The first-order valence-electron chi connectivity index (χ1n) is 6.39. The van der Waals surface area contributed by atoms with Crippen molar-refractivity contribution in [1.82, 2.24) is 4.90 Å². The molecule has 1 aliphatic rings. The highest BCUT2D eigenvalue weighted by molar-refractivity contribution is 7.80. The van der Waals surface area contributed by atoms with E-state index in [1.54, 1.807) is 21.3 Å². The maximum atomic E-state index is 5.58. The van der Waals surface area contributed by atoms with Gasteiger partial charge < -0.3 is 23.8 Å². The van der Waals surface area contributed by atoms with Gasteiger partial charge in [0, 0.05) is 13.1 Å². The van der Waals surface area contributed by atoms with Gasteiger partial charge >= 0.3 is 0 Å². The highest BCUT2D eigenvalue weighted by atomic mass is 32.1. The van der Waals surface area contributed by atoms with Crippen LogP contribution in [0, 0.1) is 0 Å².